The van der Waals surface area contributed by atoms with Crippen molar-refractivity contribution in [2.75, 3.05) is 54.0 Å². The van der Waals surface area contributed by atoms with E-state index in [1.54, 1.807) is 10.7 Å². The van der Waals surface area contributed by atoms with Crippen LogP contribution in [-0.4, -0.2) is 74.3 Å². The van der Waals surface area contributed by atoms with Crippen LogP contribution in [0.15, 0.2) is 18.5 Å². The summed E-state index contributed by atoms with van der Waals surface area (Å²) >= 11 is 0. The molecule has 3 aromatic heterocycles. The zero-order valence-corrected chi connectivity index (χ0v) is 16.1. The first-order chi connectivity index (χ1) is 13.8. The second-order valence-corrected chi connectivity index (χ2v) is 7.37. The SMILES string of the molecule is Cc1nc(N2CCCCC2)cc(N2CCN(c3cncc4nnnn34)CC2)n1. The highest BCUT2D eigenvalue weighted by molar-refractivity contribution is 5.53. The molecule has 0 aliphatic carbocycles. The van der Waals surface area contributed by atoms with E-state index >= 15 is 0 Å². The standard InChI is InChI=1S/C18H24N10/c1-14-20-15(25-5-3-2-4-6-25)11-16(21-14)26-7-9-27(10-8-26)18-13-19-12-17-22-23-24-28(17)18/h11-13H,2-10H2,1H3. The van der Waals surface area contributed by atoms with Crippen LogP contribution in [0.3, 0.4) is 0 Å². The first-order valence-electron chi connectivity index (χ1n) is 9.90. The summed E-state index contributed by atoms with van der Waals surface area (Å²) in [6.07, 6.45) is 7.30. The van der Waals surface area contributed by atoms with Crippen LogP contribution < -0.4 is 14.7 Å². The van der Waals surface area contributed by atoms with E-state index in [9.17, 15) is 0 Å². The van der Waals surface area contributed by atoms with E-state index in [1.165, 1.54) is 19.3 Å². The van der Waals surface area contributed by atoms with Gasteiger partial charge in [0.15, 0.2) is 11.5 Å². The average molecular weight is 380 g/mol. The lowest BCUT2D eigenvalue weighted by Gasteiger charge is -2.36. The minimum Gasteiger partial charge on any atom is -0.356 e. The molecular formula is C18H24N10. The van der Waals surface area contributed by atoms with Crippen molar-refractivity contribution >= 4 is 23.1 Å². The number of piperazine rings is 1. The lowest BCUT2D eigenvalue weighted by atomic mass is 10.1. The molecule has 2 saturated heterocycles. The number of nitrogens with zero attached hydrogens (tertiary/aromatic N) is 10. The van der Waals surface area contributed by atoms with E-state index in [2.05, 4.69) is 46.3 Å². The van der Waals surface area contributed by atoms with Gasteiger partial charge in [0.25, 0.3) is 0 Å². The number of aryl methyl sites for hydroxylation is 1. The lowest BCUT2D eigenvalue weighted by Crippen LogP contribution is -2.47. The van der Waals surface area contributed by atoms with Gasteiger partial charge in [0, 0.05) is 45.3 Å². The van der Waals surface area contributed by atoms with Crippen molar-refractivity contribution in [3.05, 3.63) is 24.3 Å². The van der Waals surface area contributed by atoms with Crippen LogP contribution in [0.5, 0.6) is 0 Å². The fourth-order valence-electron chi connectivity index (χ4n) is 4.03. The third-order valence-electron chi connectivity index (χ3n) is 5.51. The Morgan fingerprint density at radius 2 is 1.46 bits per heavy atom. The Kier molecular flexibility index (Phi) is 4.38. The molecule has 0 aromatic carbocycles. The summed E-state index contributed by atoms with van der Waals surface area (Å²) in [5.41, 5.74) is 0.664. The summed E-state index contributed by atoms with van der Waals surface area (Å²) in [4.78, 5) is 20.7. The average Bonchev–Trinajstić information content (AvgIpc) is 3.23. The number of hydrogen-bond donors (Lipinski definition) is 0. The second-order valence-electron chi connectivity index (χ2n) is 7.37. The zero-order chi connectivity index (χ0) is 18.9. The molecule has 0 amide bonds. The van der Waals surface area contributed by atoms with Crippen molar-refractivity contribution in [3.8, 4) is 0 Å². The summed E-state index contributed by atoms with van der Waals surface area (Å²) in [6.45, 7) is 7.66. The van der Waals surface area contributed by atoms with Crippen LogP contribution >= 0.6 is 0 Å². The molecule has 10 heteroatoms. The topological polar surface area (TPSA) is 91.5 Å². The lowest BCUT2D eigenvalue weighted by molar-refractivity contribution is 0.571. The molecule has 3 aromatic rings. The van der Waals surface area contributed by atoms with Gasteiger partial charge in [-0.15, -0.1) is 5.10 Å². The van der Waals surface area contributed by atoms with Gasteiger partial charge in [-0.3, -0.25) is 4.98 Å². The predicted octanol–water partition coefficient (Wildman–Crippen LogP) is 0.935. The maximum Gasteiger partial charge on any atom is 0.199 e. The summed E-state index contributed by atoms with van der Waals surface area (Å²) in [6, 6.07) is 2.15. The number of hydrogen-bond acceptors (Lipinski definition) is 9. The third-order valence-corrected chi connectivity index (χ3v) is 5.51. The van der Waals surface area contributed by atoms with Crippen LogP contribution in [0.2, 0.25) is 0 Å². The van der Waals surface area contributed by atoms with Gasteiger partial charge in [-0.05, 0) is 36.6 Å². The number of rotatable bonds is 3. The van der Waals surface area contributed by atoms with Gasteiger partial charge in [0.2, 0.25) is 0 Å². The van der Waals surface area contributed by atoms with Crippen molar-refractivity contribution in [3.63, 3.8) is 0 Å². The van der Waals surface area contributed by atoms with Crippen LogP contribution in [0, 0.1) is 6.92 Å². The molecule has 0 bridgehead atoms. The normalized spacial score (nSPS) is 18.1. The van der Waals surface area contributed by atoms with Gasteiger partial charge in [-0.1, -0.05) is 0 Å². The molecule has 2 aliphatic heterocycles. The highest BCUT2D eigenvalue weighted by atomic mass is 15.5. The molecule has 0 radical (unpaired) electrons. The third kappa shape index (κ3) is 3.19. The van der Waals surface area contributed by atoms with E-state index in [0.717, 1.165) is 62.5 Å². The second kappa shape index (κ2) is 7.17. The Morgan fingerprint density at radius 3 is 2.21 bits per heavy atom. The molecule has 0 spiro atoms. The minimum absolute atomic E-state index is 0.664. The van der Waals surface area contributed by atoms with Crippen molar-refractivity contribution in [2.24, 2.45) is 0 Å². The Labute approximate surface area is 163 Å². The highest BCUT2D eigenvalue weighted by Crippen LogP contribution is 2.24. The van der Waals surface area contributed by atoms with Gasteiger partial charge in [-0.25, -0.2) is 9.97 Å². The molecule has 10 nitrogen and oxygen atoms in total. The molecule has 2 fully saturated rings. The molecule has 2 aliphatic rings. The number of tetrazole rings is 1. The number of fused-ring (bicyclic) bond motifs is 1. The van der Waals surface area contributed by atoms with E-state index in [1.807, 2.05) is 13.1 Å². The van der Waals surface area contributed by atoms with E-state index in [4.69, 9.17) is 4.98 Å². The van der Waals surface area contributed by atoms with Crippen molar-refractivity contribution < 1.29 is 0 Å². The molecule has 0 unspecified atom stereocenters. The fourth-order valence-corrected chi connectivity index (χ4v) is 4.03. The molecule has 5 heterocycles. The predicted molar refractivity (Wildman–Crippen MR) is 106 cm³/mol. The van der Waals surface area contributed by atoms with Gasteiger partial charge in [0.1, 0.15) is 17.5 Å². The van der Waals surface area contributed by atoms with Crippen molar-refractivity contribution in [2.45, 2.75) is 26.2 Å². The summed E-state index contributed by atoms with van der Waals surface area (Å²) in [7, 11) is 0. The maximum atomic E-state index is 4.71. The molecule has 146 valence electrons. The minimum atomic E-state index is 0.664. The molecule has 5 rings (SSSR count). The fraction of sp³-hybridized carbons (Fsp3) is 0.556. The Bertz CT molecular complexity index is 956. The molecule has 0 atom stereocenters. The Hall–Kier alpha value is -3.04. The quantitative estimate of drug-likeness (QED) is 0.658. The molecular weight excluding hydrogens is 356 g/mol. The van der Waals surface area contributed by atoms with Crippen LogP contribution in [0.1, 0.15) is 25.1 Å². The van der Waals surface area contributed by atoms with Crippen LogP contribution in [-0.2, 0) is 0 Å². The van der Waals surface area contributed by atoms with Crippen molar-refractivity contribution in [1.82, 2.24) is 35.0 Å². The summed E-state index contributed by atoms with van der Waals surface area (Å²) in [5.74, 6) is 3.84. The molecule has 28 heavy (non-hydrogen) atoms. The molecule has 0 saturated carbocycles. The largest absolute Gasteiger partial charge is 0.356 e. The maximum absolute atomic E-state index is 4.71. The van der Waals surface area contributed by atoms with Crippen molar-refractivity contribution in [1.29, 1.82) is 0 Å². The number of piperidine rings is 1. The summed E-state index contributed by atoms with van der Waals surface area (Å²) in [5, 5.41) is 11.8. The smallest absolute Gasteiger partial charge is 0.199 e. The van der Waals surface area contributed by atoms with Gasteiger partial charge >= 0.3 is 0 Å². The monoisotopic (exact) mass is 380 g/mol. The van der Waals surface area contributed by atoms with E-state index < -0.39 is 0 Å². The van der Waals surface area contributed by atoms with Gasteiger partial charge < -0.3 is 14.7 Å². The summed E-state index contributed by atoms with van der Waals surface area (Å²) < 4.78 is 1.74. The highest BCUT2D eigenvalue weighted by Gasteiger charge is 2.22. The van der Waals surface area contributed by atoms with Gasteiger partial charge in [0.05, 0.1) is 12.4 Å². The Balaban J connectivity index is 1.33. The Morgan fingerprint density at radius 1 is 0.786 bits per heavy atom. The number of anilines is 3. The first kappa shape index (κ1) is 17.1. The molecule has 0 N–H and O–H groups in total. The van der Waals surface area contributed by atoms with Gasteiger partial charge in [-0.2, -0.15) is 4.52 Å². The van der Waals surface area contributed by atoms with Crippen LogP contribution in [0.25, 0.3) is 5.65 Å². The first-order valence-corrected chi connectivity index (χ1v) is 9.90. The number of aromatic nitrogens is 7. The van der Waals surface area contributed by atoms with Crippen LogP contribution in [0.4, 0.5) is 17.5 Å². The van der Waals surface area contributed by atoms with E-state index in [0.29, 0.717) is 5.65 Å². The zero-order valence-electron chi connectivity index (χ0n) is 16.1. The van der Waals surface area contributed by atoms with E-state index in [-0.39, 0.29) is 0 Å².